The van der Waals surface area contributed by atoms with Crippen molar-refractivity contribution in [3.05, 3.63) is 124 Å². The van der Waals surface area contributed by atoms with Crippen LogP contribution in [0, 0.1) is 0 Å². The van der Waals surface area contributed by atoms with Gasteiger partial charge in [0, 0.05) is 29.3 Å². The molecule has 198 valence electrons. The molecule has 0 radical (unpaired) electrons. The van der Waals surface area contributed by atoms with E-state index in [0.29, 0.717) is 50.7 Å². The number of fused-ring (bicyclic) bond motifs is 1. The van der Waals surface area contributed by atoms with Crippen molar-refractivity contribution in [3.8, 4) is 16.8 Å². The van der Waals surface area contributed by atoms with Crippen LogP contribution in [0.15, 0.2) is 96.2 Å². The van der Waals surface area contributed by atoms with Crippen LogP contribution in [0.5, 0.6) is 0 Å². The van der Waals surface area contributed by atoms with Crippen LogP contribution in [0.2, 0.25) is 5.02 Å². The molecule has 0 amide bonds. The molecule has 0 spiro atoms. The van der Waals surface area contributed by atoms with E-state index in [0.717, 1.165) is 5.56 Å². The lowest BCUT2D eigenvalue weighted by Crippen LogP contribution is -2.27. The molecule has 0 saturated carbocycles. The molecule has 1 atom stereocenters. The average molecular weight is 552 g/mol. The lowest BCUT2D eigenvalue weighted by Gasteiger charge is -2.19. The highest BCUT2D eigenvalue weighted by atomic mass is 35.5. The summed E-state index contributed by atoms with van der Waals surface area (Å²) in [7, 11) is 1.34. The first-order valence-corrected chi connectivity index (χ1v) is 12.8. The molecule has 10 nitrogen and oxygen atoms in total. The second-order valence-corrected chi connectivity index (χ2v) is 9.56. The van der Waals surface area contributed by atoms with Gasteiger partial charge in [-0.2, -0.15) is 4.68 Å². The van der Waals surface area contributed by atoms with Crippen LogP contribution in [0.3, 0.4) is 0 Å². The summed E-state index contributed by atoms with van der Waals surface area (Å²) in [6.07, 6.45) is 3.75. The Balaban J connectivity index is 1.44. The molecule has 0 aliphatic carbocycles. The molecule has 3 aromatic heterocycles. The lowest BCUT2D eigenvalue weighted by atomic mass is 10.0. The number of aromatic nitrogens is 7. The van der Waals surface area contributed by atoms with E-state index in [-0.39, 0.29) is 5.56 Å². The number of tetrazole rings is 1. The zero-order valence-corrected chi connectivity index (χ0v) is 22.0. The molecule has 0 bridgehead atoms. The first-order valence-electron chi connectivity index (χ1n) is 12.4. The van der Waals surface area contributed by atoms with Crippen LogP contribution in [-0.4, -0.2) is 47.8 Å². The van der Waals surface area contributed by atoms with Crippen molar-refractivity contribution in [2.75, 3.05) is 7.11 Å². The number of halogens is 1. The van der Waals surface area contributed by atoms with Gasteiger partial charge in [0.05, 0.1) is 35.4 Å². The Hall–Kier alpha value is -5.09. The number of hydrogen-bond acceptors (Lipinski definition) is 7. The molecule has 0 unspecified atom stereocenters. The monoisotopic (exact) mass is 551 g/mol. The molecular formula is C29H22ClN7O3. The van der Waals surface area contributed by atoms with Crippen LogP contribution >= 0.6 is 11.6 Å². The van der Waals surface area contributed by atoms with E-state index in [1.165, 1.54) is 18.1 Å². The van der Waals surface area contributed by atoms with Gasteiger partial charge in [-0.05, 0) is 64.0 Å². The summed E-state index contributed by atoms with van der Waals surface area (Å²) in [5, 5.41) is 11.9. The van der Waals surface area contributed by atoms with Gasteiger partial charge in [-0.3, -0.25) is 4.79 Å². The summed E-state index contributed by atoms with van der Waals surface area (Å²) < 4.78 is 8.02. The Bertz CT molecular complexity index is 1880. The molecule has 40 heavy (non-hydrogen) atoms. The fourth-order valence-electron chi connectivity index (χ4n) is 4.72. The van der Waals surface area contributed by atoms with Gasteiger partial charge in [-0.25, -0.2) is 9.78 Å². The van der Waals surface area contributed by atoms with Crippen LogP contribution in [0.1, 0.15) is 27.8 Å². The fraction of sp³-hybridized carbons (Fsp3) is 0.103. The number of hydrogen-bond donors (Lipinski definition) is 1. The molecule has 0 saturated heterocycles. The van der Waals surface area contributed by atoms with Crippen LogP contribution < -0.4 is 5.56 Å². The number of nitrogens with one attached hydrogen (secondary N) is 1. The number of H-pyrrole nitrogens is 1. The summed E-state index contributed by atoms with van der Waals surface area (Å²) in [4.78, 5) is 33.8. The molecule has 3 aromatic carbocycles. The number of benzene rings is 3. The SMILES string of the molecule is COC(=O)c1ccc2nc([C@H](Cc3ccccc3)n3ccc(-c4cc(Cl)ccc4-n4cnnn4)cc3=O)[nH]c2c1. The number of nitrogens with zero attached hydrogens (tertiary/aromatic N) is 6. The first-order chi connectivity index (χ1) is 19.5. The van der Waals surface area contributed by atoms with Crippen molar-refractivity contribution in [2.45, 2.75) is 12.5 Å². The van der Waals surface area contributed by atoms with E-state index in [9.17, 15) is 9.59 Å². The molecule has 0 fully saturated rings. The highest BCUT2D eigenvalue weighted by Gasteiger charge is 2.21. The lowest BCUT2D eigenvalue weighted by molar-refractivity contribution is 0.0601. The molecule has 0 aliphatic heterocycles. The smallest absolute Gasteiger partial charge is 0.337 e. The molecule has 6 aromatic rings. The summed E-state index contributed by atoms with van der Waals surface area (Å²) in [5.74, 6) is 0.153. The second-order valence-electron chi connectivity index (χ2n) is 9.13. The third-order valence-electron chi connectivity index (χ3n) is 6.66. The minimum atomic E-state index is -0.448. The van der Waals surface area contributed by atoms with E-state index >= 15 is 0 Å². The number of carbonyl (C=O) groups excluding carboxylic acids is 1. The van der Waals surface area contributed by atoms with Gasteiger partial charge >= 0.3 is 5.97 Å². The second kappa shape index (κ2) is 10.6. The number of methoxy groups -OCH3 is 1. The van der Waals surface area contributed by atoms with Crippen molar-refractivity contribution in [2.24, 2.45) is 0 Å². The summed E-state index contributed by atoms with van der Waals surface area (Å²) in [6.45, 7) is 0. The average Bonchev–Trinajstić information content (AvgIpc) is 3.66. The van der Waals surface area contributed by atoms with Crippen molar-refractivity contribution in [1.29, 1.82) is 0 Å². The number of carbonyl (C=O) groups is 1. The Labute approximate surface area is 232 Å². The van der Waals surface area contributed by atoms with E-state index in [4.69, 9.17) is 21.3 Å². The minimum absolute atomic E-state index is 0.225. The van der Waals surface area contributed by atoms with Gasteiger partial charge in [0.1, 0.15) is 12.2 Å². The Morgan fingerprint density at radius 2 is 1.90 bits per heavy atom. The van der Waals surface area contributed by atoms with Crippen molar-refractivity contribution in [1.82, 2.24) is 34.7 Å². The molecule has 0 aliphatic rings. The molecule has 11 heteroatoms. The van der Waals surface area contributed by atoms with Crippen molar-refractivity contribution in [3.63, 3.8) is 0 Å². The maximum absolute atomic E-state index is 13.7. The zero-order valence-electron chi connectivity index (χ0n) is 21.2. The van der Waals surface area contributed by atoms with Crippen LogP contribution in [0.4, 0.5) is 0 Å². The van der Waals surface area contributed by atoms with Crippen LogP contribution in [-0.2, 0) is 11.2 Å². The van der Waals surface area contributed by atoms with E-state index in [1.54, 1.807) is 53.2 Å². The molecule has 6 rings (SSSR count). The van der Waals surface area contributed by atoms with E-state index in [2.05, 4.69) is 20.5 Å². The van der Waals surface area contributed by atoms with E-state index < -0.39 is 12.0 Å². The number of ether oxygens (including phenoxy) is 1. The van der Waals surface area contributed by atoms with Gasteiger partial charge < -0.3 is 14.3 Å². The number of aromatic amines is 1. The van der Waals surface area contributed by atoms with Crippen molar-refractivity contribution >= 4 is 28.6 Å². The van der Waals surface area contributed by atoms with Gasteiger partial charge in [0.25, 0.3) is 5.56 Å². The molecule has 3 heterocycles. The van der Waals surface area contributed by atoms with Gasteiger partial charge in [0.15, 0.2) is 0 Å². The Morgan fingerprint density at radius 1 is 1.05 bits per heavy atom. The maximum Gasteiger partial charge on any atom is 0.337 e. The van der Waals surface area contributed by atoms with Gasteiger partial charge in [0.2, 0.25) is 0 Å². The predicted molar refractivity (Wildman–Crippen MR) is 150 cm³/mol. The highest BCUT2D eigenvalue weighted by molar-refractivity contribution is 6.31. The standard InChI is InChI=1S/C29H22ClN7O3/c1-40-29(39)20-7-9-23-24(14-20)33-28(32-23)26(13-18-5-3-2-4-6-18)36-12-11-19(15-27(36)38)22-16-21(30)8-10-25(22)37-17-31-34-35-37/h2-12,14-17,26H,13H2,1H3,(H,32,33)/t26-/m0/s1. The molecular weight excluding hydrogens is 530 g/mol. The first kappa shape index (κ1) is 25.2. The maximum atomic E-state index is 13.7. The third-order valence-corrected chi connectivity index (χ3v) is 6.89. The Kier molecular flexibility index (Phi) is 6.67. The quantitative estimate of drug-likeness (QED) is 0.287. The topological polar surface area (TPSA) is 121 Å². The summed E-state index contributed by atoms with van der Waals surface area (Å²) in [6, 6.07) is 23.3. The fourth-order valence-corrected chi connectivity index (χ4v) is 4.89. The summed E-state index contributed by atoms with van der Waals surface area (Å²) >= 11 is 6.31. The van der Waals surface area contributed by atoms with Gasteiger partial charge in [-0.1, -0.05) is 41.9 Å². The zero-order chi connectivity index (χ0) is 27.6. The number of pyridine rings is 1. The van der Waals surface area contributed by atoms with Gasteiger partial charge in [-0.15, -0.1) is 5.10 Å². The predicted octanol–water partition coefficient (Wildman–Crippen LogP) is 4.64. The van der Waals surface area contributed by atoms with Crippen LogP contribution in [0.25, 0.3) is 27.8 Å². The normalized spacial score (nSPS) is 11.9. The summed E-state index contributed by atoms with van der Waals surface area (Å²) in [5.41, 5.74) is 4.63. The number of imidazole rings is 1. The number of esters is 1. The number of rotatable bonds is 7. The Morgan fingerprint density at radius 3 is 2.65 bits per heavy atom. The van der Waals surface area contributed by atoms with E-state index in [1.807, 2.05) is 36.4 Å². The highest BCUT2D eigenvalue weighted by Crippen LogP contribution is 2.30. The third kappa shape index (κ3) is 4.87. The minimum Gasteiger partial charge on any atom is -0.465 e. The van der Waals surface area contributed by atoms with Crippen molar-refractivity contribution < 1.29 is 9.53 Å². The molecule has 1 N–H and O–H groups in total. The largest absolute Gasteiger partial charge is 0.465 e.